The van der Waals surface area contributed by atoms with Gasteiger partial charge < -0.3 is 21.5 Å². The van der Waals surface area contributed by atoms with Crippen LogP contribution >= 0.6 is 0 Å². The molecule has 15 heavy (non-hydrogen) atoms. The molecule has 0 bridgehead atoms. The molecule has 0 aliphatic carbocycles. The largest absolute Gasteiger partial charge is 1.00 e. The predicted octanol–water partition coefficient (Wildman–Crippen LogP) is 0.591. The van der Waals surface area contributed by atoms with Crippen LogP contribution in [0.1, 0.15) is 58.8 Å². The topological polar surface area (TPSA) is 0 Å². The smallest absolute Gasteiger partial charge is 0.0786 e. The normalized spacial score (nSPS) is 19.6. The van der Waals surface area contributed by atoms with Gasteiger partial charge in [0.15, 0.2) is 0 Å². The molecule has 0 N–H and O–H groups in total. The van der Waals surface area contributed by atoms with Crippen LogP contribution in [0, 0.1) is 0 Å². The van der Waals surface area contributed by atoms with Crippen molar-refractivity contribution in [1.82, 2.24) is 0 Å². The highest BCUT2D eigenvalue weighted by molar-refractivity contribution is 4.55. The second-order valence-corrected chi connectivity index (χ2v) is 5.00. The first kappa shape index (κ1) is 15.4. The maximum atomic E-state index is 2.32. The summed E-state index contributed by atoms with van der Waals surface area (Å²) >= 11 is 0. The number of hydrogen-bond donors (Lipinski definition) is 0. The van der Waals surface area contributed by atoms with Gasteiger partial charge in [0.1, 0.15) is 0 Å². The number of quaternary nitrogens is 1. The number of halogens is 1. The molecule has 0 radical (unpaired) electrons. The van der Waals surface area contributed by atoms with Crippen LogP contribution in [-0.2, 0) is 0 Å². The molecule has 0 unspecified atom stereocenters. The molecule has 0 saturated carbocycles. The van der Waals surface area contributed by atoms with Crippen LogP contribution in [-0.4, -0.2) is 30.7 Å². The number of hydrogen-bond acceptors (Lipinski definition) is 0. The molecule has 2 heteroatoms. The van der Waals surface area contributed by atoms with Crippen molar-refractivity contribution >= 4 is 0 Å². The third-order valence-corrected chi connectivity index (χ3v) is 3.74. The lowest BCUT2D eigenvalue weighted by Gasteiger charge is -2.41. The zero-order chi connectivity index (χ0) is 10.3. The Morgan fingerprint density at radius 3 is 1.67 bits per heavy atom. The monoisotopic (exact) mass is 277 g/mol. The SMILES string of the molecule is CCCC[N+]1(CCCC)CCCCC1.[Br-]. The molecule has 0 amide bonds. The predicted molar refractivity (Wildman–Crippen MR) is 63.4 cm³/mol. The maximum absolute atomic E-state index is 2.32. The van der Waals surface area contributed by atoms with E-state index in [1.807, 2.05) is 0 Å². The van der Waals surface area contributed by atoms with Crippen LogP contribution in [0.4, 0.5) is 0 Å². The first-order valence-electron chi connectivity index (χ1n) is 6.68. The molecule has 0 aromatic rings. The average Bonchev–Trinajstić information content (AvgIpc) is 2.25. The average molecular weight is 278 g/mol. The van der Waals surface area contributed by atoms with Crippen LogP contribution < -0.4 is 17.0 Å². The summed E-state index contributed by atoms with van der Waals surface area (Å²) in [6.07, 6.45) is 10.0. The van der Waals surface area contributed by atoms with Gasteiger partial charge in [-0.15, -0.1) is 0 Å². The lowest BCUT2D eigenvalue weighted by Crippen LogP contribution is -3.00. The Balaban J connectivity index is 0.00000196. The highest BCUT2D eigenvalue weighted by atomic mass is 79.9. The molecule has 0 aromatic carbocycles. The molecule has 92 valence electrons. The Morgan fingerprint density at radius 1 is 0.800 bits per heavy atom. The molecule has 1 fully saturated rings. The number of piperidine rings is 1. The van der Waals surface area contributed by atoms with Crippen molar-refractivity contribution in [2.75, 3.05) is 26.2 Å². The lowest BCUT2D eigenvalue weighted by molar-refractivity contribution is -0.932. The van der Waals surface area contributed by atoms with Crippen molar-refractivity contribution in [1.29, 1.82) is 0 Å². The molecule has 1 aliphatic rings. The molecule has 1 aliphatic heterocycles. The van der Waals surface area contributed by atoms with Crippen LogP contribution in [0.15, 0.2) is 0 Å². The second-order valence-electron chi connectivity index (χ2n) is 5.00. The van der Waals surface area contributed by atoms with Gasteiger partial charge in [0.25, 0.3) is 0 Å². The third kappa shape index (κ3) is 5.35. The number of nitrogens with zero attached hydrogens (tertiary/aromatic N) is 1. The second kappa shape index (κ2) is 8.58. The molecule has 1 saturated heterocycles. The van der Waals surface area contributed by atoms with Crippen molar-refractivity contribution in [3.63, 3.8) is 0 Å². The van der Waals surface area contributed by atoms with Gasteiger partial charge in [-0.3, -0.25) is 0 Å². The Bertz CT molecular complexity index is 131. The van der Waals surface area contributed by atoms with Crippen LogP contribution in [0.25, 0.3) is 0 Å². The summed E-state index contributed by atoms with van der Waals surface area (Å²) in [5, 5.41) is 0. The van der Waals surface area contributed by atoms with Crippen molar-refractivity contribution in [3.8, 4) is 0 Å². The van der Waals surface area contributed by atoms with E-state index in [4.69, 9.17) is 0 Å². The number of likely N-dealkylation sites (tertiary alicyclic amines) is 1. The number of rotatable bonds is 6. The van der Waals surface area contributed by atoms with Crippen LogP contribution in [0.5, 0.6) is 0 Å². The fourth-order valence-electron chi connectivity index (χ4n) is 2.73. The Hall–Kier alpha value is 0.440. The van der Waals surface area contributed by atoms with Gasteiger partial charge in [-0.1, -0.05) is 26.7 Å². The van der Waals surface area contributed by atoms with Crippen molar-refractivity contribution in [3.05, 3.63) is 0 Å². The zero-order valence-electron chi connectivity index (χ0n) is 10.6. The van der Waals surface area contributed by atoms with E-state index in [0.29, 0.717) is 0 Å². The zero-order valence-corrected chi connectivity index (χ0v) is 12.2. The van der Waals surface area contributed by atoms with Gasteiger partial charge in [0.2, 0.25) is 0 Å². The van der Waals surface area contributed by atoms with Gasteiger partial charge >= 0.3 is 0 Å². The standard InChI is InChI=1S/C13H28N.BrH/c1-3-5-10-14(11-6-4-2)12-8-7-9-13-14;/h3-13H2,1-2H3;1H/q+1;/p-1. The summed E-state index contributed by atoms with van der Waals surface area (Å²) in [5.74, 6) is 0. The summed E-state index contributed by atoms with van der Waals surface area (Å²) in [5.41, 5.74) is 0. The highest BCUT2D eigenvalue weighted by Gasteiger charge is 2.28. The number of unbranched alkanes of at least 4 members (excludes halogenated alkanes) is 2. The van der Waals surface area contributed by atoms with E-state index in [1.54, 1.807) is 0 Å². The fourth-order valence-corrected chi connectivity index (χ4v) is 2.73. The molecule has 1 heterocycles. The molecule has 1 rings (SSSR count). The van der Waals surface area contributed by atoms with Gasteiger partial charge in [0, 0.05) is 0 Å². The van der Waals surface area contributed by atoms with Gasteiger partial charge in [0.05, 0.1) is 26.2 Å². The van der Waals surface area contributed by atoms with E-state index >= 15 is 0 Å². The van der Waals surface area contributed by atoms with Crippen LogP contribution in [0.2, 0.25) is 0 Å². The van der Waals surface area contributed by atoms with E-state index < -0.39 is 0 Å². The quantitative estimate of drug-likeness (QED) is 0.624. The van der Waals surface area contributed by atoms with Crippen molar-refractivity contribution < 1.29 is 21.5 Å². The Kier molecular flexibility index (Phi) is 8.83. The maximum Gasteiger partial charge on any atom is 0.0786 e. The summed E-state index contributed by atoms with van der Waals surface area (Å²) < 4.78 is 1.46. The minimum absolute atomic E-state index is 0. The van der Waals surface area contributed by atoms with Crippen molar-refractivity contribution in [2.45, 2.75) is 58.8 Å². The third-order valence-electron chi connectivity index (χ3n) is 3.74. The first-order valence-corrected chi connectivity index (χ1v) is 6.68. The van der Waals surface area contributed by atoms with E-state index in [2.05, 4.69) is 13.8 Å². The Morgan fingerprint density at radius 2 is 1.27 bits per heavy atom. The minimum Gasteiger partial charge on any atom is -1.00 e. The highest BCUT2D eigenvalue weighted by Crippen LogP contribution is 2.21. The summed E-state index contributed by atoms with van der Waals surface area (Å²) in [6, 6.07) is 0. The van der Waals surface area contributed by atoms with E-state index in [0.717, 1.165) is 0 Å². The first-order chi connectivity index (χ1) is 6.83. The molecule has 0 atom stereocenters. The van der Waals surface area contributed by atoms with Crippen LogP contribution in [0.3, 0.4) is 0 Å². The van der Waals surface area contributed by atoms with E-state index in [9.17, 15) is 0 Å². The molecule has 0 aromatic heterocycles. The lowest BCUT2D eigenvalue weighted by atomic mass is 10.1. The molecule has 0 spiro atoms. The van der Waals surface area contributed by atoms with Gasteiger partial charge in [-0.25, -0.2) is 0 Å². The fraction of sp³-hybridized carbons (Fsp3) is 1.00. The molecular formula is C13H28BrN. The molecular weight excluding hydrogens is 250 g/mol. The van der Waals surface area contributed by atoms with E-state index in [1.165, 1.54) is 75.6 Å². The van der Waals surface area contributed by atoms with Crippen molar-refractivity contribution in [2.24, 2.45) is 0 Å². The van der Waals surface area contributed by atoms with Gasteiger partial charge in [-0.05, 0) is 32.1 Å². The van der Waals surface area contributed by atoms with E-state index in [-0.39, 0.29) is 17.0 Å². The molecule has 1 nitrogen and oxygen atoms in total. The summed E-state index contributed by atoms with van der Waals surface area (Å²) in [7, 11) is 0. The summed E-state index contributed by atoms with van der Waals surface area (Å²) in [6.45, 7) is 10.5. The minimum atomic E-state index is 0. The Labute approximate surface area is 107 Å². The summed E-state index contributed by atoms with van der Waals surface area (Å²) in [4.78, 5) is 0. The van der Waals surface area contributed by atoms with Gasteiger partial charge in [-0.2, -0.15) is 0 Å².